The Morgan fingerprint density at radius 3 is 2.50 bits per heavy atom. The zero-order chi connectivity index (χ0) is 33.8. The number of benzene rings is 2. The molecule has 0 radical (unpaired) electrons. The third-order valence-corrected chi connectivity index (χ3v) is 13.0. The fraction of sp³-hybridized carbons (Fsp3) is 0.658. The monoisotopic (exact) mass is 699 g/mol. The number of amides is 1. The number of nitrogens with one attached hydrogen (secondary N) is 2. The summed E-state index contributed by atoms with van der Waals surface area (Å²) in [6.45, 7) is 8.20. The minimum Gasteiger partial charge on any atom is -0.490 e. The number of aryl methyl sites for hydroxylation is 1. The normalized spacial score (nSPS) is 32.7. The zero-order valence-corrected chi connectivity index (χ0v) is 30.7. The lowest BCUT2D eigenvalue weighted by Gasteiger charge is -2.48. The molecule has 7 atom stereocenters. The van der Waals surface area contributed by atoms with E-state index in [1.54, 1.807) is 0 Å². The quantitative estimate of drug-likeness (QED) is 0.351. The van der Waals surface area contributed by atoms with Crippen molar-refractivity contribution < 1.29 is 23.2 Å². The summed E-state index contributed by atoms with van der Waals surface area (Å²) in [6.07, 6.45) is 8.33. The van der Waals surface area contributed by atoms with Gasteiger partial charge in [-0.1, -0.05) is 31.5 Å². The summed E-state index contributed by atoms with van der Waals surface area (Å²) >= 11 is 6.46. The van der Waals surface area contributed by atoms with Crippen LogP contribution in [0.5, 0.6) is 5.75 Å². The molecule has 1 saturated heterocycles. The molecule has 2 bridgehead atoms. The second kappa shape index (κ2) is 15.8. The summed E-state index contributed by atoms with van der Waals surface area (Å²) in [5, 5.41) is 3.53. The van der Waals surface area contributed by atoms with Crippen molar-refractivity contribution in [1.82, 2.24) is 10.0 Å². The van der Waals surface area contributed by atoms with Crippen LogP contribution in [-0.2, 0) is 32.3 Å². The van der Waals surface area contributed by atoms with E-state index in [-0.39, 0.29) is 23.5 Å². The van der Waals surface area contributed by atoms with Gasteiger partial charge in [-0.3, -0.25) is 9.52 Å². The standard InChI is InChI=1S/C36H47ClN2O5S.C2H7N/c1-23-6-10-30(35-42-15-4-16-43-35)29-11-7-27(29)19-39-21-36(14-3-5-25-17-28(37)9-12-31(25)36)22-44-33-13-8-26(18-32(33)39)34(40)38-45(41)20-24(23)2;1-3-2/h8-9,12-13,17-18,23-24,27,29-30,35H,3-7,10-11,14-16,19-22H2,1-2H3,(H,38,40);3H,1-2H3/t23-,24?,27?,29?,30?,36-,45?;/m0./s1. The van der Waals surface area contributed by atoms with Gasteiger partial charge in [-0.15, -0.1) is 0 Å². The van der Waals surface area contributed by atoms with Crippen LogP contribution in [0.3, 0.4) is 0 Å². The number of ether oxygens (including phenoxy) is 3. The minimum absolute atomic E-state index is 0.158. The van der Waals surface area contributed by atoms with E-state index in [9.17, 15) is 9.00 Å². The first-order valence-electron chi connectivity index (χ1n) is 18.0. The van der Waals surface area contributed by atoms with Gasteiger partial charge in [0.1, 0.15) is 16.7 Å². The summed E-state index contributed by atoms with van der Waals surface area (Å²) < 4.78 is 35.2. The van der Waals surface area contributed by atoms with Crippen LogP contribution in [0, 0.1) is 29.6 Å². The van der Waals surface area contributed by atoms with Crippen LogP contribution in [0.25, 0.3) is 0 Å². The number of nitrogens with zero attached hydrogens (tertiary/aromatic N) is 1. The molecular formula is C38H54ClN3O5S. The second-order valence-electron chi connectivity index (χ2n) is 14.9. The Hall–Kier alpha value is -2.17. The van der Waals surface area contributed by atoms with Gasteiger partial charge in [0.2, 0.25) is 0 Å². The Bertz CT molecular complexity index is 1450. The van der Waals surface area contributed by atoms with Crippen LogP contribution in [-0.4, -0.2) is 69.2 Å². The Morgan fingerprint density at radius 2 is 1.75 bits per heavy atom. The van der Waals surface area contributed by atoms with Gasteiger partial charge in [0.25, 0.3) is 5.91 Å². The maximum absolute atomic E-state index is 13.4. The van der Waals surface area contributed by atoms with Gasteiger partial charge in [-0.2, -0.15) is 0 Å². The lowest BCUT2D eigenvalue weighted by molar-refractivity contribution is -0.224. The summed E-state index contributed by atoms with van der Waals surface area (Å²) in [7, 11) is 2.29. The zero-order valence-electron chi connectivity index (χ0n) is 29.1. The molecule has 7 rings (SSSR count). The summed E-state index contributed by atoms with van der Waals surface area (Å²) in [4.78, 5) is 15.9. The highest BCUT2D eigenvalue weighted by atomic mass is 35.5. The largest absolute Gasteiger partial charge is 0.490 e. The van der Waals surface area contributed by atoms with Crippen molar-refractivity contribution in [3.63, 3.8) is 0 Å². The average Bonchev–Trinajstić information content (AvgIpc) is 3.21. The number of hydrogen-bond acceptors (Lipinski definition) is 7. The van der Waals surface area contributed by atoms with Gasteiger partial charge >= 0.3 is 0 Å². The van der Waals surface area contributed by atoms with Crippen LogP contribution in [0.1, 0.15) is 80.3 Å². The fourth-order valence-corrected chi connectivity index (χ4v) is 9.98. The van der Waals surface area contributed by atoms with Crippen LogP contribution in [0.2, 0.25) is 5.02 Å². The Kier molecular flexibility index (Phi) is 11.7. The maximum Gasteiger partial charge on any atom is 0.263 e. The molecule has 2 fully saturated rings. The van der Waals surface area contributed by atoms with Gasteiger partial charge in [-0.25, -0.2) is 4.21 Å². The predicted octanol–water partition coefficient (Wildman–Crippen LogP) is 6.51. The Labute approximate surface area is 294 Å². The molecule has 1 saturated carbocycles. The maximum atomic E-state index is 13.4. The van der Waals surface area contributed by atoms with Crippen molar-refractivity contribution in [2.75, 3.05) is 57.7 Å². The van der Waals surface area contributed by atoms with Crippen molar-refractivity contribution in [3.8, 4) is 5.75 Å². The molecule has 2 N–H and O–H groups in total. The number of fused-ring (bicyclic) bond motifs is 4. The topological polar surface area (TPSA) is 89.1 Å². The van der Waals surface area contributed by atoms with E-state index in [0.29, 0.717) is 41.6 Å². The van der Waals surface area contributed by atoms with Crippen molar-refractivity contribution in [1.29, 1.82) is 0 Å². The molecule has 8 nitrogen and oxygen atoms in total. The molecule has 10 heteroatoms. The van der Waals surface area contributed by atoms with Crippen LogP contribution < -0.4 is 19.7 Å². The first-order valence-corrected chi connectivity index (χ1v) is 19.7. The molecule has 48 heavy (non-hydrogen) atoms. The molecule has 5 unspecified atom stereocenters. The SMILES string of the molecule is CC1CS(=O)NC(=O)c2ccc3c(c2)N(CC2CCC2C(C2OCCCO2)CC[C@@H]1C)C[C@@]1(CCCc2cc(Cl)ccc21)CO3.CNC. The van der Waals surface area contributed by atoms with Crippen LogP contribution in [0.15, 0.2) is 36.4 Å². The summed E-state index contributed by atoms with van der Waals surface area (Å²) in [5.74, 6) is 2.86. The summed E-state index contributed by atoms with van der Waals surface area (Å²) in [6, 6.07) is 12.1. The van der Waals surface area contributed by atoms with Crippen molar-refractivity contribution in [2.24, 2.45) is 29.6 Å². The molecule has 1 spiro atoms. The predicted molar refractivity (Wildman–Crippen MR) is 193 cm³/mol. The van der Waals surface area contributed by atoms with Gasteiger partial charge in [0, 0.05) is 40.8 Å². The number of carbonyl (C=O) groups excluding carboxylic acids is 1. The molecule has 3 aliphatic heterocycles. The van der Waals surface area contributed by atoms with Gasteiger partial charge in [0.15, 0.2) is 6.29 Å². The number of hydrogen-bond donors (Lipinski definition) is 2. The molecule has 5 aliphatic rings. The third kappa shape index (κ3) is 7.75. The third-order valence-electron chi connectivity index (χ3n) is 11.5. The first kappa shape index (κ1) is 35.6. The lowest BCUT2D eigenvalue weighted by atomic mass is 9.64. The van der Waals surface area contributed by atoms with E-state index in [4.69, 9.17) is 25.8 Å². The van der Waals surface area contributed by atoms with Crippen molar-refractivity contribution in [3.05, 3.63) is 58.1 Å². The molecule has 3 heterocycles. The van der Waals surface area contributed by atoms with Crippen molar-refractivity contribution >= 4 is 34.2 Å². The fourth-order valence-electron chi connectivity index (χ4n) is 8.58. The number of anilines is 1. The van der Waals surface area contributed by atoms with Gasteiger partial charge < -0.3 is 24.4 Å². The smallest absolute Gasteiger partial charge is 0.263 e. The average molecular weight is 700 g/mol. The molecule has 2 aromatic carbocycles. The summed E-state index contributed by atoms with van der Waals surface area (Å²) in [5.41, 5.74) is 3.94. The van der Waals surface area contributed by atoms with E-state index in [1.807, 2.05) is 38.4 Å². The second-order valence-corrected chi connectivity index (χ2v) is 16.6. The Balaban J connectivity index is 0.00000129. The molecule has 264 valence electrons. The lowest BCUT2D eigenvalue weighted by Crippen LogP contribution is -2.50. The first-order chi connectivity index (χ1) is 23.2. The highest BCUT2D eigenvalue weighted by molar-refractivity contribution is 7.83. The van der Waals surface area contributed by atoms with Crippen LogP contribution >= 0.6 is 11.6 Å². The number of halogens is 1. The molecule has 0 aromatic heterocycles. The Morgan fingerprint density at radius 1 is 0.979 bits per heavy atom. The van der Waals surface area contributed by atoms with Gasteiger partial charge in [-0.05, 0) is 131 Å². The van der Waals surface area contributed by atoms with Crippen LogP contribution in [0.4, 0.5) is 5.69 Å². The van der Waals surface area contributed by atoms with Gasteiger partial charge in [0.05, 0.1) is 25.5 Å². The van der Waals surface area contributed by atoms with Crippen molar-refractivity contribution in [2.45, 2.75) is 76.9 Å². The molecular weight excluding hydrogens is 646 g/mol. The molecule has 2 aromatic rings. The number of carbonyl (C=O) groups is 1. The minimum atomic E-state index is -1.46. The number of rotatable bonds is 1. The van der Waals surface area contributed by atoms with E-state index < -0.39 is 11.0 Å². The molecule has 2 aliphatic carbocycles. The molecule has 1 amide bonds. The van der Waals surface area contributed by atoms with E-state index in [0.717, 1.165) is 81.3 Å². The highest BCUT2D eigenvalue weighted by Gasteiger charge is 2.46. The van der Waals surface area contributed by atoms with E-state index >= 15 is 0 Å². The van der Waals surface area contributed by atoms with E-state index in [2.05, 4.69) is 40.9 Å². The van der Waals surface area contributed by atoms with E-state index in [1.165, 1.54) is 24.0 Å². The highest BCUT2D eigenvalue weighted by Crippen LogP contribution is 2.49.